The van der Waals surface area contributed by atoms with E-state index >= 15 is 0 Å². The van der Waals surface area contributed by atoms with Gasteiger partial charge in [0, 0.05) is 22.7 Å². The summed E-state index contributed by atoms with van der Waals surface area (Å²) in [7, 11) is 0. The molecule has 4 fully saturated rings. The fourth-order valence-corrected chi connectivity index (χ4v) is 7.80. The summed E-state index contributed by atoms with van der Waals surface area (Å²) in [5.74, 6) is -5.11. The van der Waals surface area contributed by atoms with Crippen LogP contribution in [-0.4, -0.2) is 74.4 Å². The molecule has 12 atom stereocenters. The summed E-state index contributed by atoms with van der Waals surface area (Å²) in [6, 6.07) is 0. The van der Waals surface area contributed by atoms with E-state index in [9.17, 15) is 30.3 Å². The molecule has 0 unspecified atom stereocenters. The highest BCUT2D eigenvalue weighted by atomic mass is 16.7. The zero-order valence-corrected chi connectivity index (χ0v) is 16.1. The average molecular weight is 396 g/mol. The van der Waals surface area contributed by atoms with Crippen LogP contribution in [0.1, 0.15) is 27.2 Å². The number of esters is 1. The van der Waals surface area contributed by atoms with Crippen LogP contribution in [0.2, 0.25) is 0 Å². The van der Waals surface area contributed by atoms with Crippen molar-refractivity contribution in [2.75, 3.05) is 6.61 Å². The van der Waals surface area contributed by atoms with Crippen LogP contribution < -0.4 is 0 Å². The highest BCUT2D eigenvalue weighted by molar-refractivity contribution is 5.76. The molecule has 28 heavy (non-hydrogen) atoms. The Morgan fingerprint density at radius 2 is 1.86 bits per heavy atom. The van der Waals surface area contributed by atoms with E-state index in [1.165, 1.54) is 0 Å². The molecule has 2 saturated carbocycles. The van der Waals surface area contributed by atoms with Crippen molar-refractivity contribution in [2.45, 2.75) is 63.5 Å². The second-order valence-electron chi connectivity index (χ2n) is 9.79. The molecule has 5 N–H and O–H groups in total. The number of hydrogen-bond donors (Lipinski definition) is 5. The molecule has 5 aliphatic rings. The number of fused-ring (bicyclic) bond motifs is 1. The Kier molecular flexibility index (Phi) is 3.63. The molecule has 0 radical (unpaired) electrons. The Morgan fingerprint density at radius 1 is 1.18 bits per heavy atom. The van der Waals surface area contributed by atoms with E-state index in [2.05, 4.69) is 0 Å². The predicted molar refractivity (Wildman–Crippen MR) is 93.4 cm³/mol. The lowest BCUT2D eigenvalue weighted by molar-refractivity contribution is -0.344. The largest absolute Gasteiger partial charge is 0.460 e. The van der Waals surface area contributed by atoms with Gasteiger partial charge in [-0.25, -0.2) is 4.79 Å². The first-order valence-electron chi connectivity index (χ1n) is 9.98. The molecule has 2 aliphatic heterocycles. The minimum atomic E-state index is -1.97. The number of aliphatic hydroxyl groups excluding tert-OH is 4. The Morgan fingerprint density at radius 3 is 2.54 bits per heavy atom. The highest BCUT2D eigenvalue weighted by Crippen LogP contribution is 2.73. The predicted octanol–water partition coefficient (Wildman–Crippen LogP) is -1.07. The summed E-state index contributed by atoms with van der Waals surface area (Å²) < 4.78 is 11.5. The molecule has 3 aliphatic carbocycles. The van der Waals surface area contributed by atoms with E-state index < -0.39 is 70.9 Å². The van der Waals surface area contributed by atoms with Crippen LogP contribution in [0.15, 0.2) is 11.6 Å². The first kappa shape index (κ1) is 19.0. The fourth-order valence-electron chi connectivity index (χ4n) is 7.80. The Bertz CT molecular complexity index is 767. The number of carbonyl (C=O) groups excluding carboxylic acids is 1. The molecule has 0 aromatic carbocycles. The quantitative estimate of drug-likeness (QED) is 0.258. The van der Waals surface area contributed by atoms with Crippen molar-refractivity contribution in [2.24, 2.45) is 34.5 Å². The van der Waals surface area contributed by atoms with Gasteiger partial charge < -0.3 is 35.0 Å². The topological polar surface area (TPSA) is 137 Å². The zero-order chi connectivity index (χ0) is 20.4. The summed E-state index contributed by atoms with van der Waals surface area (Å²) in [5.41, 5.74) is -1.15. The van der Waals surface area contributed by atoms with Crippen LogP contribution in [0.4, 0.5) is 0 Å². The molecular weight excluding hydrogens is 368 g/mol. The van der Waals surface area contributed by atoms with Crippen molar-refractivity contribution in [1.82, 2.24) is 0 Å². The van der Waals surface area contributed by atoms with Crippen LogP contribution in [0.25, 0.3) is 0 Å². The summed E-state index contributed by atoms with van der Waals surface area (Å²) in [6.07, 6.45) is -3.75. The van der Waals surface area contributed by atoms with E-state index in [1.54, 1.807) is 19.9 Å². The van der Waals surface area contributed by atoms with E-state index in [0.29, 0.717) is 6.42 Å². The summed E-state index contributed by atoms with van der Waals surface area (Å²) in [6.45, 7) is 5.34. The van der Waals surface area contributed by atoms with Crippen molar-refractivity contribution in [3.8, 4) is 0 Å². The van der Waals surface area contributed by atoms with Gasteiger partial charge in [-0.3, -0.25) is 0 Å². The minimum absolute atomic E-state index is 0.00310. The molecule has 0 amide bonds. The maximum atomic E-state index is 12.4. The summed E-state index contributed by atoms with van der Waals surface area (Å²) in [5, 5.41) is 54.8. The molecule has 5 rings (SSSR count). The number of carbonyl (C=O) groups is 1. The summed E-state index contributed by atoms with van der Waals surface area (Å²) in [4.78, 5) is 12.4. The standard InChI is InChI=1S/C20H28O8/c1-7-4-10(21)15(24)18(3)9(7)5-11-19-6-27-20(26,17(18)19)14(23)8(2)12(19)13(22)16(25)28-11/h4,8-15,17,21-24,26H,5-6H2,1-3H3/t8-,9-,10+,11+,12+,13+,14+,15-,17+,18+,19-,20-/m0/s1. The smallest absolute Gasteiger partial charge is 0.335 e. The minimum Gasteiger partial charge on any atom is -0.460 e. The second-order valence-corrected chi connectivity index (χ2v) is 9.79. The summed E-state index contributed by atoms with van der Waals surface area (Å²) >= 11 is 0. The van der Waals surface area contributed by atoms with Crippen LogP contribution in [-0.2, 0) is 14.3 Å². The van der Waals surface area contributed by atoms with Gasteiger partial charge in [0.2, 0.25) is 0 Å². The normalized spacial score (nSPS) is 62.5. The fraction of sp³-hybridized carbons (Fsp3) is 0.850. The van der Waals surface area contributed by atoms with Gasteiger partial charge >= 0.3 is 5.97 Å². The molecule has 2 bridgehead atoms. The maximum absolute atomic E-state index is 12.4. The average Bonchev–Trinajstić information content (AvgIpc) is 2.92. The first-order chi connectivity index (χ1) is 13.0. The number of aliphatic hydroxyl groups is 5. The van der Waals surface area contributed by atoms with Crippen LogP contribution >= 0.6 is 0 Å². The molecule has 2 heterocycles. The van der Waals surface area contributed by atoms with E-state index in [4.69, 9.17) is 9.47 Å². The lowest BCUT2D eigenvalue weighted by Gasteiger charge is -2.68. The van der Waals surface area contributed by atoms with Gasteiger partial charge in [0.05, 0.1) is 18.8 Å². The lowest BCUT2D eigenvalue weighted by Crippen LogP contribution is -2.77. The van der Waals surface area contributed by atoms with Crippen molar-refractivity contribution < 1.29 is 39.8 Å². The molecule has 156 valence electrons. The third-order valence-electron chi connectivity index (χ3n) is 8.82. The molecule has 1 spiro atoms. The van der Waals surface area contributed by atoms with E-state index in [1.807, 2.05) is 6.92 Å². The van der Waals surface area contributed by atoms with Crippen molar-refractivity contribution in [3.63, 3.8) is 0 Å². The molecule has 8 nitrogen and oxygen atoms in total. The monoisotopic (exact) mass is 396 g/mol. The van der Waals surface area contributed by atoms with Crippen LogP contribution in [0.5, 0.6) is 0 Å². The zero-order valence-electron chi connectivity index (χ0n) is 16.1. The SMILES string of the molecule is CC1=C[C@@H](O)[C@H](O)[C@]2(C)[C@H]3[C@@]4(O)OC[C@]35[C@H]([C@H](C)[C@H]4O)[C@@H](O)C(=O)O[C@@H]5C[C@@H]12. The van der Waals surface area contributed by atoms with Crippen LogP contribution in [0, 0.1) is 34.5 Å². The Labute approximate surface area is 162 Å². The molecular formula is C20H28O8. The van der Waals surface area contributed by atoms with E-state index in [0.717, 1.165) is 5.57 Å². The third kappa shape index (κ3) is 1.77. The van der Waals surface area contributed by atoms with E-state index in [-0.39, 0.29) is 12.5 Å². The molecule has 8 heteroatoms. The van der Waals surface area contributed by atoms with Gasteiger partial charge in [0.15, 0.2) is 11.9 Å². The number of ether oxygens (including phenoxy) is 2. The Hall–Kier alpha value is -1.03. The molecule has 0 aromatic heterocycles. The molecule has 0 aromatic rings. The highest BCUT2D eigenvalue weighted by Gasteiger charge is 2.83. The number of rotatable bonds is 0. The van der Waals surface area contributed by atoms with Crippen LogP contribution in [0.3, 0.4) is 0 Å². The van der Waals surface area contributed by atoms with Crippen molar-refractivity contribution in [1.29, 1.82) is 0 Å². The van der Waals surface area contributed by atoms with Crippen molar-refractivity contribution in [3.05, 3.63) is 11.6 Å². The maximum Gasteiger partial charge on any atom is 0.335 e. The van der Waals surface area contributed by atoms with Gasteiger partial charge in [-0.05, 0) is 25.2 Å². The van der Waals surface area contributed by atoms with Gasteiger partial charge in [-0.2, -0.15) is 0 Å². The van der Waals surface area contributed by atoms with Gasteiger partial charge in [0.1, 0.15) is 12.2 Å². The van der Waals surface area contributed by atoms with Gasteiger partial charge in [-0.1, -0.05) is 25.5 Å². The third-order valence-corrected chi connectivity index (χ3v) is 8.82. The Balaban J connectivity index is 1.78. The molecule has 2 saturated heterocycles. The number of allylic oxidation sites excluding steroid dienone is 1. The second kappa shape index (κ2) is 5.36. The number of hydrogen-bond acceptors (Lipinski definition) is 8. The first-order valence-corrected chi connectivity index (χ1v) is 9.98. The van der Waals surface area contributed by atoms with Crippen molar-refractivity contribution >= 4 is 5.97 Å². The van der Waals surface area contributed by atoms with Gasteiger partial charge in [-0.15, -0.1) is 0 Å². The van der Waals surface area contributed by atoms with Gasteiger partial charge in [0.25, 0.3) is 0 Å². The lowest BCUT2D eigenvalue weighted by atomic mass is 9.38.